The Hall–Kier alpha value is -2.08. The number of ketones is 1. The van der Waals surface area contributed by atoms with Gasteiger partial charge in [0.05, 0.1) is 6.54 Å². The van der Waals surface area contributed by atoms with Crippen molar-refractivity contribution in [3.63, 3.8) is 0 Å². The summed E-state index contributed by atoms with van der Waals surface area (Å²) in [5.74, 6) is 0.0701. The predicted octanol–water partition coefficient (Wildman–Crippen LogP) is 2.39. The lowest BCUT2D eigenvalue weighted by Crippen LogP contribution is -2.39. The molecule has 132 valence electrons. The molecule has 0 saturated carbocycles. The van der Waals surface area contributed by atoms with Gasteiger partial charge in [0.25, 0.3) is 0 Å². The van der Waals surface area contributed by atoms with Crippen LogP contribution in [-0.2, 0) is 4.74 Å². The first-order chi connectivity index (χ1) is 11.2. The minimum atomic E-state index is -0.492. The van der Waals surface area contributed by atoms with Gasteiger partial charge in [0.1, 0.15) is 5.60 Å². The first-order valence-corrected chi connectivity index (χ1v) is 8.33. The van der Waals surface area contributed by atoms with E-state index < -0.39 is 5.60 Å². The number of nitrogens with zero attached hydrogens (tertiary/aromatic N) is 2. The van der Waals surface area contributed by atoms with Gasteiger partial charge in [-0.25, -0.2) is 4.79 Å². The van der Waals surface area contributed by atoms with Crippen LogP contribution in [0.5, 0.6) is 0 Å². The van der Waals surface area contributed by atoms with E-state index in [0.717, 1.165) is 13.0 Å². The SMILES string of the molecule is CC(C)(C)OC(=O)N1CCCN(CC(=O)c2ccc(N)cc2)CC1. The minimum absolute atomic E-state index is 0.0701. The second-order valence-corrected chi connectivity index (χ2v) is 7.14. The Morgan fingerprint density at radius 2 is 1.75 bits per heavy atom. The van der Waals surface area contributed by atoms with Crippen LogP contribution in [-0.4, -0.2) is 60.0 Å². The Kier molecular flexibility index (Phi) is 5.83. The van der Waals surface area contributed by atoms with Gasteiger partial charge in [0, 0.05) is 37.4 Å². The zero-order valence-electron chi connectivity index (χ0n) is 14.7. The Morgan fingerprint density at radius 1 is 1.08 bits per heavy atom. The molecule has 1 fully saturated rings. The highest BCUT2D eigenvalue weighted by Gasteiger charge is 2.25. The monoisotopic (exact) mass is 333 g/mol. The molecule has 0 bridgehead atoms. The maximum absolute atomic E-state index is 12.4. The van der Waals surface area contributed by atoms with E-state index in [9.17, 15) is 9.59 Å². The third kappa shape index (κ3) is 5.53. The molecule has 24 heavy (non-hydrogen) atoms. The van der Waals surface area contributed by atoms with Crippen molar-refractivity contribution in [2.75, 3.05) is 38.5 Å². The first kappa shape index (κ1) is 18.3. The van der Waals surface area contributed by atoms with Gasteiger partial charge in [-0.1, -0.05) is 0 Å². The number of benzene rings is 1. The molecule has 1 aliphatic rings. The van der Waals surface area contributed by atoms with Crippen molar-refractivity contribution in [3.05, 3.63) is 29.8 Å². The lowest BCUT2D eigenvalue weighted by molar-refractivity contribution is 0.0258. The summed E-state index contributed by atoms with van der Waals surface area (Å²) in [4.78, 5) is 28.3. The molecule has 0 unspecified atom stereocenters. The van der Waals surface area contributed by atoms with Gasteiger partial charge in [-0.15, -0.1) is 0 Å². The molecule has 0 aromatic heterocycles. The number of ether oxygens (including phenoxy) is 1. The molecule has 6 nitrogen and oxygen atoms in total. The quantitative estimate of drug-likeness (QED) is 0.679. The summed E-state index contributed by atoms with van der Waals surface area (Å²) in [6, 6.07) is 6.98. The highest BCUT2D eigenvalue weighted by Crippen LogP contribution is 2.13. The Bertz CT molecular complexity index is 578. The molecule has 1 aromatic carbocycles. The highest BCUT2D eigenvalue weighted by atomic mass is 16.6. The third-order valence-corrected chi connectivity index (χ3v) is 3.84. The normalized spacial score (nSPS) is 16.5. The number of nitrogens with two attached hydrogens (primary N) is 1. The number of hydrogen-bond donors (Lipinski definition) is 1. The summed E-state index contributed by atoms with van der Waals surface area (Å²) in [5.41, 5.74) is 6.47. The van der Waals surface area contributed by atoms with Crippen LogP contribution in [0.1, 0.15) is 37.6 Å². The number of Topliss-reactive ketones (excluding diaryl/α,β-unsaturated/α-hetero) is 1. The topological polar surface area (TPSA) is 75.9 Å². The van der Waals surface area contributed by atoms with Crippen molar-refractivity contribution >= 4 is 17.6 Å². The maximum Gasteiger partial charge on any atom is 0.410 e. The first-order valence-electron chi connectivity index (χ1n) is 8.33. The average molecular weight is 333 g/mol. The van der Waals surface area contributed by atoms with Crippen molar-refractivity contribution in [1.29, 1.82) is 0 Å². The Labute approximate surface area is 143 Å². The minimum Gasteiger partial charge on any atom is -0.444 e. The standard InChI is InChI=1S/C18H27N3O3/c1-18(2,3)24-17(23)21-10-4-9-20(11-12-21)13-16(22)14-5-7-15(19)8-6-14/h5-8H,4,9-13,19H2,1-3H3. The largest absolute Gasteiger partial charge is 0.444 e. The molecular formula is C18H27N3O3. The van der Waals surface area contributed by atoms with Crippen LogP contribution in [0, 0.1) is 0 Å². The smallest absolute Gasteiger partial charge is 0.410 e. The summed E-state index contributed by atoms with van der Waals surface area (Å²) in [6.07, 6.45) is 0.545. The van der Waals surface area contributed by atoms with Crippen LogP contribution in [0.25, 0.3) is 0 Å². The van der Waals surface area contributed by atoms with E-state index in [0.29, 0.717) is 37.4 Å². The maximum atomic E-state index is 12.4. The van der Waals surface area contributed by atoms with Crippen molar-refractivity contribution in [2.24, 2.45) is 0 Å². The number of carbonyl (C=O) groups is 2. The third-order valence-electron chi connectivity index (χ3n) is 3.84. The molecule has 2 rings (SSSR count). The summed E-state index contributed by atoms with van der Waals surface area (Å²) >= 11 is 0. The number of carbonyl (C=O) groups excluding carboxylic acids is 2. The second kappa shape index (κ2) is 7.66. The molecule has 0 atom stereocenters. The highest BCUT2D eigenvalue weighted by molar-refractivity contribution is 5.97. The van der Waals surface area contributed by atoms with Crippen molar-refractivity contribution in [2.45, 2.75) is 32.8 Å². The van der Waals surface area contributed by atoms with Crippen LogP contribution in [0.2, 0.25) is 0 Å². The molecule has 0 aliphatic carbocycles. The van der Waals surface area contributed by atoms with E-state index in [2.05, 4.69) is 4.90 Å². The Balaban J connectivity index is 1.87. The van der Waals surface area contributed by atoms with Crippen LogP contribution in [0.3, 0.4) is 0 Å². The Morgan fingerprint density at radius 3 is 2.38 bits per heavy atom. The molecule has 1 aromatic rings. The molecule has 0 radical (unpaired) electrons. The summed E-state index contributed by atoms with van der Waals surface area (Å²) in [7, 11) is 0. The van der Waals surface area contributed by atoms with E-state index in [4.69, 9.17) is 10.5 Å². The second-order valence-electron chi connectivity index (χ2n) is 7.14. The molecule has 1 saturated heterocycles. The van der Waals surface area contributed by atoms with E-state index in [1.54, 1.807) is 29.2 Å². The van der Waals surface area contributed by atoms with Gasteiger partial charge in [-0.2, -0.15) is 0 Å². The van der Waals surface area contributed by atoms with Gasteiger partial charge in [-0.3, -0.25) is 9.69 Å². The average Bonchev–Trinajstić information content (AvgIpc) is 2.72. The molecule has 2 N–H and O–H groups in total. The van der Waals surface area contributed by atoms with E-state index in [1.807, 2.05) is 20.8 Å². The van der Waals surface area contributed by atoms with Crippen molar-refractivity contribution in [1.82, 2.24) is 9.80 Å². The summed E-state index contributed by atoms with van der Waals surface area (Å²) in [5, 5.41) is 0. The number of anilines is 1. The fourth-order valence-corrected chi connectivity index (χ4v) is 2.60. The number of amides is 1. The fourth-order valence-electron chi connectivity index (χ4n) is 2.60. The van der Waals surface area contributed by atoms with Crippen LogP contribution >= 0.6 is 0 Å². The molecular weight excluding hydrogens is 306 g/mol. The zero-order chi connectivity index (χ0) is 17.7. The fraction of sp³-hybridized carbons (Fsp3) is 0.556. The van der Waals surface area contributed by atoms with E-state index in [-0.39, 0.29) is 11.9 Å². The van der Waals surface area contributed by atoms with Gasteiger partial charge < -0.3 is 15.4 Å². The van der Waals surface area contributed by atoms with Gasteiger partial charge >= 0.3 is 6.09 Å². The van der Waals surface area contributed by atoms with Crippen LogP contribution < -0.4 is 5.73 Å². The van der Waals surface area contributed by atoms with Crippen molar-refractivity contribution < 1.29 is 14.3 Å². The lowest BCUT2D eigenvalue weighted by atomic mass is 10.1. The van der Waals surface area contributed by atoms with Crippen LogP contribution in [0.4, 0.5) is 10.5 Å². The van der Waals surface area contributed by atoms with Crippen LogP contribution in [0.15, 0.2) is 24.3 Å². The van der Waals surface area contributed by atoms with E-state index in [1.165, 1.54) is 0 Å². The number of nitrogen functional groups attached to an aromatic ring is 1. The van der Waals surface area contributed by atoms with Crippen molar-refractivity contribution in [3.8, 4) is 0 Å². The van der Waals surface area contributed by atoms with Gasteiger partial charge in [-0.05, 0) is 51.5 Å². The van der Waals surface area contributed by atoms with Gasteiger partial charge in [0.15, 0.2) is 5.78 Å². The summed E-state index contributed by atoms with van der Waals surface area (Å²) in [6.45, 7) is 8.62. The molecule has 1 aliphatic heterocycles. The zero-order valence-corrected chi connectivity index (χ0v) is 14.7. The van der Waals surface area contributed by atoms with E-state index >= 15 is 0 Å². The molecule has 0 spiro atoms. The summed E-state index contributed by atoms with van der Waals surface area (Å²) < 4.78 is 5.42. The molecule has 1 amide bonds. The predicted molar refractivity (Wildman–Crippen MR) is 94.0 cm³/mol. The number of hydrogen-bond acceptors (Lipinski definition) is 5. The van der Waals surface area contributed by atoms with Gasteiger partial charge in [0.2, 0.25) is 0 Å². The molecule has 6 heteroatoms. The lowest BCUT2D eigenvalue weighted by Gasteiger charge is -2.26. The number of rotatable bonds is 3. The molecule has 1 heterocycles.